The van der Waals surface area contributed by atoms with Gasteiger partial charge >= 0.3 is 0 Å². The summed E-state index contributed by atoms with van der Waals surface area (Å²) in [5, 5.41) is 4.13. The molecule has 1 aromatic carbocycles. The fourth-order valence-corrected chi connectivity index (χ4v) is 1.08. The molecular weight excluding hydrogens is 164 g/mol. The van der Waals surface area contributed by atoms with Crippen molar-refractivity contribution >= 4 is 0 Å². The second kappa shape index (κ2) is 3.31. The standard InChI is InChI=1S/C10H9N2O/c1-13-10-7-11-12(8-10)9-5-3-2-4-6-9/h2-3,5-8H,1H3. The Hall–Kier alpha value is -1.77. The Morgan fingerprint density at radius 1 is 1.54 bits per heavy atom. The second-order valence-corrected chi connectivity index (χ2v) is 2.59. The number of ether oxygens (including phenoxy) is 1. The summed E-state index contributed by atoms with van der Waals surface area (Å²) in [6.07, 6.45) is 3.50. The number of hydrogen-bond acceptors (Lipinski definition) is 2. The summed E-state index contributed by atoms with van der Waals surface area (Å²) in [5.41, 5.74) is 0.978. The van der Waals surface area contributed by atoms with Crippen LogP contribution in [0.15, 0.2) is 36.7 Å². The van der Waals surface area contributed by atoms with Gasteiger partial charge in [0.25, 0.3) is 0 Å². The van der Waals surface area contributed by atoms with E-state index in [0.29, 0.717) is 0 Å². The molecule has 0 unspecified atom stereocenters. The third kappa shape index (κ3) is 1.54. The molecule has 0 aliphatic heterocycles. The average Bonchev–Trinajstić information content (AvgIpc) is 2.67. The highest BCUT2D eigenvalue weighted by Crippen LogP contribution is 2.11. The molecule has 1 heterocycles. The number of hydrogen-bond donors (Lipinski definition) is 0. The largest absolute Gasteiger partial charge is 0.493 e. The monoisotopic (exact) mass is 173 g/mol. The van der Waals surface area contributed by atoms with Gasteiger partial charge in [0.05, 0.1) is 25.2 Å². The van der Waals surface area contributed by atoms with E-state index >= 15 is 0 Å². The lowest BCUT2D eigenvalue weighted by atomic mass is 10.3. The van der Waals surface area contributed by atoms with Crippen LogP contribution in [0, 0.1) is 6.07 Å². The molecule has 0 saturated heterocycles. The fraction of sp³-hybridized carbons (Fsp3) is 0.100. The predicted molar refractivity (Wildman–Crippen MR) is 49.0 cm³/mol. The van der Waals surface area contributed by atoms with Crippen LogP contribution < -0.4 is 4.74 Å². The smallest absolute Gasteiger partial charge is 0.157 e. The molecule has 13 heavy (non-hydrogen) atoms. The quantitative estimate of drug-likeness (QED) is 0.690. The van der Waals surface area contributed by atoms with E-state index in [9.17, 15) is 0 Å². The number of aromatic nitrogens is 2. The van der Waals surface area contributed by atoms with E-state index < -0.39 is 0 Å². The highest BCUT2D eigenvalue weighted by Gasteiger charge is 1.98. The maximum absolute atomic E-state index is 5.02. The van der Waals surface area contributed by atoms with Gasteiger partial charge < -0.3 is 4.74 Å². The third-order valence-corrected chi connectivity index (χ3v) is 1.75. The molecule has 0 spiro atoms. The van der Waals surface area contributed by atoms with Crippen molar-refractivity contribution in [3.8, 4) is 11.4 Å². The van der Waals surface area contributed by atoms with Crippen LogP contribution >= 0.6 is 0 Å². The predicted octanol–water partition coefficient (Wildman–Crippen LogP) is 1.68. The molecule has 0 aliphatic rings. The van der Waals surface area contributed by atoms with Crippen molar-refractivity contribution in [2.24, 2.45) is 0 Å². The summed E-state index contributed by atoms with van der Waals surface area (Å²) >= 11 is 0. The van der Waals surface area contributed by atoms with Crippen molar-refractivity contribution in [2.45, 2.75) is 0 Å². The van der Waals surface area contributed by atoms with Gasteiger partial charge in [-0.1, -0.05) is 12.1 Å². The third-order valence-electron chi connectivity index (χ3n) is 1.75. The molecule has 0 aliphatic carbocycles. The van der Waals surface area contributed by atoms with Gasteiger partial charge in [-0.15, -0.1) is 0 Å². The summed E-state index contributed by atoms with van der Waals surface area (Å²) in [7, 11) is 1.62. The van der Waals surface area contributed by atoms with E-state index in [1.807, 2.05) is 30.5 Å². The summed E-state index contributed by atoms with van der Waals surface area (Å²) in [6, 6.07) is 10.6. The first-order valence-corrected chi connectivity index (χ1v) is 3.95. The molecule has 0 amide bonds. The van der Waals surface area contributed by atoms with Gasteiger partial charge in [-0.25, -0.2) is 4.68 Å². The average molecular weight is 173 g/mol. The fourth-order valence-electron chi connectivity index (χ4n) is 1.08. The van der Waals surface area contributed by atoms with E-state index in [1.54, 1.807) is 18.0 Å². The molecule has 1 aromatic heterocycles. The molecule has 0 N–H and O–H groups in total. The van der Waals surface area contributed by atoms with Crippen molar-refractivity contribution < 1.29 is 4.74 Å². The van der Waals surface area contributed by atoms with Crippen LogP contribution in [0.5, 0.6) is 5.75 Å². The zero-order chi connectivity index (χ0) is 9.10. The van der Waals surface area contributed by atoms with Gasteiger partial charge in [-0.3, -0.25) is 0 Å². The maximum atomic E-state index is 5.02. The Balaban J connectivity index is 2.36. The van der Waals surface area contributed by atoms with Gasteiger partial charge in [0, 0.05) is 0 Å². The first-order chi connectivity index (χ1) is 6.40. The first kappa shape index (κ1) is 7.86. The topological polar surface area (TPSA) is 27.1 Å². The SMILES string of the molecule is COc1cnn(-c2c[c]ccc2)c1. The van der Waals surface area contributed by atoms with E-state index in [1.165, 1.54) is 0 Å². The molecular formula is C10H9N2O. The highest BCUT2D eigenvalue weighted by molar-refractivity contribution is 5.31. The van der Waals surface area contributed by atoms with Crippen LogP contribution in [-0.2, 0) is 0 Å². The Bertz CT molecular complexity index is 381. The minimum atomic E-state index is 0.754. The lowest BCUT2D eigenvalue weighted by Crippen LogP contribution is -1.92. The van der Waals surface area contributed by atoms with Gasteiger partial charge in [-0.2, -0.15) is 5.10 Å². The first-order valence-electron chi connectivity index (χ1n) is 3.95. The van der Waals surface area contributed by atoms with Crippen LogP contribution in [0.25, 0.3) is 5.69 Å². The molecule has 0 fully saturated rings. The summed E-state index contributed by atoms with van der Waals surface area (Å²) < 4.78 is 6.77. The van der Waals surface area contributed by atoms with Crippen LogP contribution in [0.2, 0.25) is 0 Å². The zero-order valence-electron chi connectivity index (χ0n) is 7.27. The van der Waals surface area contributed by atoms with E-state index in [0.717, 1.165) is 11.4 Å². The molecule has 0 atom stereocenters. The molecule has 2 rings (SSSR count). The van der Waals surface area contributed by atoms with Gasteiger partial charge in [0.2, 0.25) is 0 Å². The second-order valence-electron chi connectivity index (χ2n) is 2.59. The number of methoxy groups -OCH3 is 1. The van der Waals surface area contributed by atoms with Crippen LogP contribution in [0.3, 0.4) is 0 Å². The minimum Gasteiger partial charge on any atom is -0.493 e. The summed E-state index contributed by atoms with van der Waals surface area (Å²) in [5.74, 6) is 0.754. The number of rotatable bonds is 2. The Labute approximate surface area is 76.6 Å². The molecule has 0 bridgehead atoms. The minimum absolute atomic E-state index is 0.754. The number of benzene rings is 1. The Morgan fingerprint density at radius 2 is 2.46 bits per heavy atom. The van der Waals surface area contributed by atoms with Gasteiger partial charge in [0.15, 0.2) is 5.75 Å². The zero-order valence-corrected chi connectivity index (χ0v) is 7.27. The van der Waals surface area contributed by atoms with Crippen LogP contribution in [-0.4, -0.2) is 16.9 Å². The maximum Gasteiger partial charge on any atom is 0.157 e. The lowest BCUT2D eigenvalue weighted by molar-refractivity contribution is 0.414. The number of nitrogens with zero attached hydrogens (tertiary/aromatic N) is 2. The van der Waals surface area contributed by atoms with Gasteiger partial charge in [0.1, 0.15) is 0 Å². The highest BCUT2D eigenvalue weighted by atomic mass is 16.5. The van der Waals surface area contributed by atoms with E-state index in [4.69, 9.17) is 4.74 Å². The molecule has 3 heteroatoms. The van der Waals surface area contributed by atoms with Crippen molar-refractivity contribution in [2.75, 3.05) is 7.11 Å². The molecule has 1 radical (unpaired) electrons. The van der Waals surface area contributed by atoms with Crippen LogP contribution in [0.1, 0.15) is 0 Å². The van der Waals surface area contributed by atoms with E-state index in [2.05, 4.69) is 11.2 Å². The van der Waals surface area contributed by atoms with Crippen LogP contribution in [0.4, 0.5) is 0 Å². The summed E-state index contributed by atoms with van der Waals surface area (Å²) in [4.78, 5) is 0. The van der Waals surface area contributed by atoms with Crippen molar-refractivity contribution in [3.63, 3.8) is 0 Å². The Kier molecular flexibility index (Phi) is 2.00. The molecule has 3 nitrogen and oxygen atoms in total. The normalized spacial score (nSPS) is 9.92. The molecule has 65 valence electrons. The van der Waals surface area contributed by atoms with Crippen molar-refractivity contribution in [1.82, 2.24) is 9.78 Å². The molecule has 0 saturated carbocycles. The van der Waals surface area contributed by atoms with E-state index in [-0.39, 0.29) is 0 Å². The van der Waals surface area contributed by atoms with Gasteiger partial charge in [-0.05, 0) is 18.2 Å². The summed E-state index contributed by atoms with van der Waals surface area (Å²) in [6.45, 7) is 0. The lowest BCUT2D eigenvalue weighted by Gasteiger charge is -1.98. The Morgan fingerprint density at radius 3 is 3.08 bits per heavy atom. The van der Waals surface area contributed by atoms with Crippen molar-refractivity contribution in [1.29, 1.82) is 0 Å². The van der Waals surface area contributed by atoms with Crippen molar-refractivity contribution in [3.05, 3.63) is 42.7 Å². The molecule has 2 aromatic rings.